The second kappa shape index (κ2) is 7.68. The zero-order valence-corrected chi connectivity index (χ0v) is 13.9. The third kappa shape index (κ3) is 4.38. The molecule has 6 heteroatoms. The maximum atomic E-state index is 4.37. The summed E-state index contributed by atoms with van der Waals surface area (Å²) in [6, 6.07) is 6.14. The van der Waals surface area contributed by atoms with Crippen molar-refractivity contribution in [2.75, 3.05) is 20.6 Å². The molecule has 2 aromatic heterocycles. The van der Waals surface area contributed by atoms with Gasteiger partial charge in [0.1, 0.15) is 0 Å². The first-order valence-electron chi connectivity index (χ1n) is 7.59. The van der Waals surface area contributed by atoms with Gasteiger partial charge in [-0.2, -0.15) is 5.10 Å². The van der Waals surface area contributed by atoms with E-state index in [0.717, 1.165) is 25.6 Å². The minimum atomic E-state index is 0.472. The lowest BCUT2D eigenvalue weighted by atomic mass is 10.2. The van der Waals surface area contributed by atoms with Gasteiger partial charge in [-0.25, -0.2) is 0 Å². The number of hydrogen-bond donors (Lipinski definition) is 1. The van der Waals surface area contributed by atoms with Gasteiger partial charge in [0.05, 0.1) is 6.54 Å². The predicted molar refractivity (Wildman–Crippen MR) is 89.6 cm³/mol. The van der Waals surface area contributed by atoms with Crippen molar-refractivity contribution in [2.24, 2.45) is 18.0 Å². The fraction of sp³-hybridized carbons (Fsp3) is 0.500. The minimum absolute atomic E-state index is 0.472. The Morgan fingerprint density at radius 3 is 2.82 bits per heavy atom. The Hall–Kier alpha value is -2.24. The van der Waals surface area contributed by atoms with E-state index in [-0.39, 0.29) is 0 Å². The highest BCUT2D eigenvalue weighted by Crippen LogP contribution is 2.04. The van der Waals surface area contributed by atoms with Crippen LogP contribution in [0.5, 0.6) is 0 Å². The first kappa shape index (κ1) is 16.1. The lowest BCUT2D eigenvalue weighted by Crippen LogP contribution is -2.41. The average molecular weight is 302 g/mol. The van der Waals surface area contributed by atoms with Gasteiger partial charge in [-0.15, -0.1) is 0 Å². The Kier molecular flexibility index (Phi) is 5.63. The van der Waals surface area contributed by atoms with Gasteiger partial charge in [-0.3, -0.25) is 9.67 Å². The molecule has 0 amide bonds. The normalized spacial score (nSPS) is 13.2. The Balaban J connectivity index is 1.82. The standard InChI is InChI=1S/C16H26N6/c1-14(12-22-10-6-8-19-22)11-18-16(17-2)21(4)13-15-7-5-9-20(15)3/h5-10,14H,11-13H2,1-4H3,(H,17,18). The van der Waals surface area contributed by atoms with E-state index in [9.17, 15) is 0 Å². The summed E-state index contributed by atoms with van der Waals surface area (Å²) in [5, 5.41) is 7.68. The van der Waals surface area contributed by atoms with E-state index < -0.39 is 0 Å². The van der Waals surface area contributed by atoms with Crippen LogP contribution >= 0.6 is 0 Å². The summed E-state index contributed by atoms with van der Waals surface area (Å²) in [7, 11) is 5.94. The molecule has 0 bridgehead atoms. The van der Waals surface area contributed by atoms with Crippen LogP contribution in [0.1, 0.15) is 12.6 Å². The molecule has 22 heavy (non-hydrogen) atoms. The first-order chi connectivity index (χ1) is 10.6. The van der Waals surface area contributed by atoms with Crippen LogP contribution in [0.3, 0.4) is 0 Å². The van der Waals surface area contributed by atoms with Crippen LogP contribution in [0.2, 0.25) is 0 Å². The molecule has 2 aromatic rings. The van der Waals surface area contributed by atoms with Crippen molar-refractivity contribution < 1.29 is 0 Å². The predicted octanol–water partition coefficient (Wildman–Crippen LogP) is 1.57. The van der Waals surface area contributed by atoms with E-state index in [0.29, 0.717) is 5.92 Å². The van der Waals surface area contributed by atoms with Crippen molar-refractivity contribution in [3.8, 4) is 0 Å². The van der Waals surface area contributed by atoms with Crippen LogP contribution in [0.15, 0.2) is 41.8 Å². The van der Waals surface area contributed by atoms with E-state index in [1.165, 1.54) is 5.69 Å². The topological polar surface area (TPSA) is 50.4 Å². The third-order valence-corrected chi connectivity index (χ3v) is 3.69. The van der Waals surface area contributed by atoms with Crippen molar-refractivity contribution >= 4 is 5.96 Å². The molecule has 1 atom stereocenters. The fourth-order valence-electron chi connectivity index (χ4n) is 2.42. The number of guanidine groups is 1. The van der Waals surface area contributed by atoms with Gasteiger partial charge < -0.3 is 14.8 Å². The molecule has 0 saturated carbocycles. The number of hydrogen-bond acceptors (Lipinski definition) is 2. The van der Waals surface area contributed by atoms with Crippen LogP contribution in [-0.4, -0.2) is 45.8 Å². The van der Waals surface area contributed by atoms with Crippen molar-refractivity contribution in [3.63, 3.8) is 0 Å². The number of aliphatic imine (C=N–C) groups is 1. The number of aryl methyl sites for hydroxylation is 1. The van der Waals surface area contributed by atoms with E-state index >= 15 is 0 Å². The lowest BCUT2D eigenvalue weighted by Gasteiger charge is -2.24. The molecule has 0 aliphatic rings. The molecule has 1 N–H and O–H groups in total. The average Bonchev–Trinajstić information content (AvgIpc) is 3.12. The number of nitrogens with zero attached hydrogens (tertiary/aromatic N) is 5. The Bertz CT molecular complexity index is 584. The molecule has 0 aliphatic carbocycles. The van der Waals surface area contributed by atoms with Crippen molar-refractivity contribution in [1.29, 1.82) is 0 Å². The second-order valence-electron chi connectivity index (χ2n) is 5.73. The minimum Gasteiger partial charge on any atom is -0.356 e. The second-order valence-corrected chi connectivity index (χ2v) is 5.73. The van der Waals surface area contributed by atoms with Gasteiger partial charge in [0, 0.05) is 58.5 Å². The van der Waals surface area contributed by atoms with Crippen molar-refractivity contribution in [2.45, 2.75) is 20.0 Å². The molecule has 2 rings (SSSR count). The molecule has 0 spiro atoms. The summed E-state index contributed by atoms with van der Waals surface area (Å²) >= 11 is 0. The van der Waals surface area contributed by atoms with E-state index in [2.05, 4.69) is 64.2 Å². The monoisotopic (exact) mass is 302 g/mol. The Labute approximate surface area is 132 Å². The van der Waals surface area contributed by atoms with Gasteiger partial charge in [0.15, 0.2) is 5.96 Å². The van der Waals surface area contributed by atoms with Crippen LogP contribution in [-0.2, 0) is 20.1 Å². The first-order valence-corrected chi connectivity index (χ1v) is 7.59. The number of nitrogens with one attached hydrogen (secondary N) is 1. The number of rotatable bonds is 6. The molecular formula is C16H26N6. The smallest absolute Gasteiger partial charge is 0.193 e. The van der Waals surface area contributed by atoms with E-state index in [1.54, 1.807) is 0 Å². The molecule has 0 aromatic carbocycles. The number of aromatic nitrogens is 3. The highest BCUT2D eigenvalue weighted by molar-refractivity contribution is 5.79. The molecule has 6 nitrogen and oxygen atoms in total. The summed E-state index contributed by atoms with van der Waals surface area (Å²) in [4.78, 5) is 6.50. The van der Waals surface area contributed by atoms with Crippen molar-refractivity contribution in [1.82, 2.24) is 24.6 Å². The SMILES string of the molecule is CN=C(NCC(C)Cn1cccn1)N(C)Cc1cccn1C. The van der Waals surface area contributed by atoms with Gasteiger partial charge in [0.25, 0.3) is 0 Å². The summed E-state index contributed by atoms with van der Waals surface area (Å²) < 4.78 is 4.09. The van der Waals surface area contributed by atoms with Crippen molar-refractivity contribution in [3.05, 3.63) is 42.5 Å². The lowest BCUT2D eigenvalue weighted by molar-refractivity contribution is 0.419. The highest BCUT2D eigenvalue weighted by Gasteiger charge is 2.10. The largest absolute Gasteiger partial charge is 0.356 e. The zero-order chi connectivity index (χ0) is 15.9. The van der Waals surface area contributed by atoms with Gasteiger partial charge in [-0.05, 0) is 24.1 Å². The quantitative estimate of drug-likeness (QED) is 0.651. The molecule has 0 fully saturated rings. The molecule has 120 valence electrons. The molecule has 1 unspecified atom stereocenters. The summed E-state index contributed by atoms with van der Waals surface area (Å²) in [5.74, 6) is 1.38. The molecule has 0 saturated heterocycles. The van der Waals surface area contributed by atoms with E-state index in [4.69, 9.17) is 0 Å². The summed E-state index contributed by atoms with van der Waals surface area (Å²) in [5.41, 5.74) is 1.26. The van der Waals surface area contributed by atoms with Crippen LogP contribution in [0, 0.1) is 5.92 Å². The Morgan fingerprint density at radius 2 is 2.23 bits per heavy atom. The van der Waals surface area contributed by atoms with Crippen LogP contribution in [0.25, 0.3) is 0 Å². The fourth-order valence-corrected chi connectivity index (χ4v) is 2.42. The maximum Gasteiger partial charge on any atom is 0.193 e. The molecule has 0 radical (unpaired) electrons. The zero-order valence-electron chi connectivity index (χ0n) is 13.9. The van der Waals surface area contributed by atoms with E-state index in [1.807, 2.05) is 30.2 Å². The highest BCUT2D eigenvalue weighted by atomic mass is 15.3. The summed E-state index contributed by atoms with van der Waals surface area (Å²) in [6.45, 7) is 4.80. The van der Waals surface area contributed by atoms with Gasteiger partial charge in [-0.1, -0.05) is 6.92 Å². The Morgan fingerprint density at radius 1 is 1.41 bits per heavy atom. The maximum absolute atomic E-state index is 4.37. The van der Waals surface area contributed by atoms with Gasteiger partial charge >= 0.3 is 0 Å². The molecule has 0 aliphatic heterocycles. The van der Waals surface area contributed by atoms with Crippen LogP contribution in [0.4, 0.5) is 0 Å². The summed E-state index contributed by atoms with van der Waals surface area (Å²) in [6.07, 6.45) is 5.87. The molecular weight excluding hydrogens is 276 g/mol. The molecule has 2 heterocycles. The van der Waals surface area contributed by atoms with Crippen LogP contribution < -0.4 is 5.32 Å². The third-order valence-electron chi connectivity index (χ3n) is 3.69. The van der Waals surface area contributed by atoms with Gasteiger partial charge in [0.2, 0.25) is 0 Å².